The molecule has 0 saturated heterocycles. The van der Waals surface area contributed by atoms with Gasteiger partial charge in [-0.25, -0.2) is 4.39 Å². The highest BCUT2D eigenvalue weighted by molar-refractivity contribution is 9.10. The maximum Gasteiger partial charge on any atom is 0.406 e. The normalized spacial score (nSPS) is 19.7. The summed E-state index contributed by atoms with van der Waals surface area (Å²) in [5, 5.41) is 2.60. The lowest BCUT2D eigenvalue weighted by molar-refractivity contribution is -0.167. The zero-order valence-electron chi connectivity index (χ0n) is 9.61. The molecule has 0 bridgehead atoms. The highest BCUT2D eigenvalue weighted by Gasteiger charge is 2.63. The largest absolute Gasteiger partial charge is 0.406 e. The molecule has 6 heteroatoms. The molecule has 0 amide bonds. The predicted molar refractivity (Wildman–Crippen MR) is 63.7 cm³/mol. The zero-order chi connectivity index (χ0) is 13.6. The molecule has 1 fully saturated rings. The summed E-state index contributed by atoms with van der Waals surface area (Å²) in [7, 11) is 0. The second-order valence-electron chi connectivity index (χ2n) is 4.62. The Morgan fingerprint density at radius 3 is 2.39 bits per heavy atom. The average molecular weight is 326 g/mol. The third-order valence-corrected chi connectivity index (χ3v) is 3.84. The lowest BCUT2D eigenvalue weighted by Gasteiger charge is -2.25. The summed E-state index contributed by atoms with van der Waals surface area (Å²) < 4.78 is 51.7. The number of benzene rings is 1. The number of alkyl halides is 3. The van der Waals surface area contributed by atoms with Crippen molar-refractivity contribution in [2.24, 2.45) is 0 Å². The van der Waals surface area contributed by atoms with Gasteiger partial charge in [-0.15, -0.1) is 0 Å². The van der Waals surface area contributed by atoms with E-state index in [1.165, 1.54) is 18.2 Å². The summed E-state index contributed by atoms with van der Waals surface area (Å²) in [6.07, 6.45) is -4.04. The summed E-state index contributed by atoms with van der Waals surface area (Å²) in [4.78, 5) is 0. The molecule has 1 aliphatic rings. The Labute approximate surface area is 111 Å². The summed E-state index contributed by atoms with van der Waals surface area (Å²) in [6.45, 7) is 1.64. The molecule has 1 nitrogen and oxygen atoms in total. The van der Waals surface area contributed by atoms with E-state index in [2.05, 4.69) is 21.2 Å². The monoisotopic (exact) mass is 325 g/mol. The van der Waals surface area contributed by atoms with Gasteiger partial charge < -0.3 is 0 Å². The van der Waals surface area contributed by atoms with Crippen molar-refractivity contribution in [1.82, 2.24) is 5.32 Å². The summed E-state index contributed by atoms with van der Waals surface area (Å²) >= 11 is 3.02. The van der Waals surface area contributed by atoms with E-state index in [-0.39, 0.29) is 17.3 Å². The van der Waals surface area contributed by atoms with Crippen molar-refractivity contribution in [3.8, 4) is 0 Å². The molecule has 1 atom stereocenters. The molecule has 1 aliphatic carbocycles. The molecule has 0 aliphatic heterocycles. The molecule has 2 rings (SSSR count). The van der Waals surface area contributed by atoms with E-state index < -0.39 is 23.6 Å². The third kappa shape index (κ3) is 2.54. The lowest BCUT2D eigenvalue weighted by Crippen LogP contribution is -2.45. The summed E-state index contributed by atoms with van der Waals surface area (Å²) in [5.41, 5.74) is -1.13. The van der Waals surface area contributed by atoms with Gasteiger partial charge in [0.15, 0.2) is 0 Å². The minimum atomic E-state index is -4.24. The maximum atomic E-state index is 13.1. The van der Waals surface area contributed by atoms with Crippen LogP contribution in [0.4, 0.5) is 17.6 Å². The van der Waals surface area contributed by atoms with Gasteiger partial charge in [-0.1, -0.05) is 6.07 Å². The van der Waals surface area contributed by atoms with Crippen LogP contribution in [-0.2, 0) is 0 Å². The second kappa shape index (κ2) is 4.49. The summed E-state index contributed by atoms with van der Waals surface area (Å²) in [6, 6.07) is 3.75. The standard InChI is InChI=1S/C12H12BrF4N/c1-7(8-2-3-10(14)9(13)6-8)18-11(4-5-11)12(15,16)17/h2-3,6-7,18H,4-5H2,1H3. The van der Waals surface area contributed by atoms with Crippen LogP contribution >= 0.6 is 15.9 Å². The third-order valence-electron chi connectivity index (χ3n) is 3.23. The Bertz CT molecular complexity index is 454. The van der Waals surface area contributed by atoms with Crippen molar-refractivity contribution in [3.05, 3.63) is 34.1 Å². The molecule has 0 heterocycles. The SMILES string of the molecule is CC(NC1(C(F)(F)F)CC1)c1ccc(F)c(Br)c1. The topological polar surface area (TPSA) is 12.0 Å². The Balaban J connectivity index is 2.13. The summed E-state index contributed by atoms with van der Waals surface area (Å²) in [5.74, 6) is -0.428. The van der Waals surface area contributed by atoms with Crippen LogP contribution in [0, 0.1) is 5.82 Å². The van der Waals surface area contributed by atoms with Crippen molar-refractivity contribution >= 4 is 15.9 Å². The number of hydrogen-bond acceptors (Lipinski definition) is 1. The van der Waals surface area contributed by atoms with Gasteiger partial charge in [0.25, 0.3) is 0 Å². The molecule has 1 unspecified atom stereocenters. The van der Waals surface area contributed by atoms with E-state index >= 15 is 0 Å². The average Bonchev–Trinajstić information content (AvgIpc) is 3.02. The fourth-order valence-electron chi connectivity index (χ4n) is 1.91. The van der Waals surface area contributed by atoms with Gasteiger partial charge >= 0.3 is 6.18 Å². The molecule has 1 N–H and O–H groups in total. The molecule has 0 aromatic heterocycles. The number of nitrogens with one attached hydrogen (secondary N) is 1. The van der Waals surface area contributed by atoms with Crippen LogP contribution in [0.25, 0.3) is 0 Å². The first-order valence-corrected chi connectivity index (χ1v) is 6.34. The molecule has 0 radical (unpaired) electrons. The van der Waals surface area contributed by atoms with E-state index in [4.69, 9.17) is 0 Å². The van der Waals surface area contributed by atoms with Crippen molar-refractivity contribution < 1.29 is 17.6 Å². The fourth-order valence-corrected chi connectivity index (χ4v) is 2.31. The van der Waals surface area contributed by atoms with Gasteiger partial charge in [0.1, 0.15) is 11.4 Å². The predicted octanol–water partition coefficient (Wildman–Crippen LogP) is 4.33. The van der Waals surface area contributed by atoms with Crippen LogP contribution in [-0.4, -0.2) is 11.7 Å². The fraction of sp³-hybridized carbons (Fsp3) is 0.500. The van der Waals surface area contributed by atoms with Crippen molar-refractivity contribution in [3.63, 3.8) is 0 Å². The van der Waals surface area contributed by atoms with Crippen molar-refractivity contribution in [1.29, 1.82) is 0 Å². The van der Waals surface area contributed by atoms with Crippen LogP contribution in [0.3, 0.4) is 0 Å². The highest BCUT2D eigenvalue weighted by atomic mass is 79.9. The number of hydrogen-bond donors (Lipinski definition) is 1. The molecular formula is C12H12BrF4N. The smallest absolute Gasteiger partial charge is 0.297 e. The minimum Gasteiger partial charge on any atom is -0.297 e. The van der Waals surface area contributed by atoms with Crippen molar-refractivity contribution in [2.75, 3.05) is 0 Å². The zero-order valence-corrected chi connectivity index (χ0v) is 11.2. The molecule has 1 aromatic carbocycles. The first-order chi connectivity index (χ1) is 8.25. The first-order valence-electron chi connectivity index (χ1n) is 5.54. The van der Waals surface area contributed by atoms with E-state index in [0.29, 0.717) is 5.56 Å². The van der Waals surface area contributed by atoms with Gasteiger partial charge in [-0.2, -0.15) is 13.2 Å². The van der Waals surface area contributed by atoms with E-state index in [1.54, 1.807) is 6.92 Å². The van der Waals surface area contributed by atoms with E-state index in [1.807, 2.05) is 0 Å². The highest BCUT2D eigenvalue weighted by Crippen LogP contribution is 2.50. The van der Waals surface area contributed by atoms with Crippen LogP contribution in [0.2, 0.25) is 0 Å². The van der Waals surface area contributed by atoms with Gasteiger partial charge in [-0.3, -0.25) is 5.32 Å². The van der Waals surface area contributed by atoms with Crippen molar-refractivity contribution in [2.45, 2.75) is 37.5 Å². The van der Waals surface area contributed by atoms with Crippen LogP contribution < -0.4 is 5.32 Å². The Kier molecular flexibility index (Phi) is 3.44. The molecule has 0 spiro atoms. The molecule has 18 heavy (non-hydrogen) atoms. The van der Waals surface area contributed by atoms with Gasteiger partial charge in [0, 0.05) is 6.04 Å². The molecular weight excluding hydrogens is 314 g/mol. The molecule has 1 aromatic rings. The van der Waals surface area contributed by atoms with Crippen LogP contribution in [0.15, 0.2) is 22.7 Å². The van der Waals surface area contributed by atoms with Crippen LogP contribution in [0.1, 0.15) is 31.4 Å². The Hall–Kier alpha value is -0.620. The Morgan fingerprint density at radius 1 is 1.33 bits per heavy atom. The van der Waals surface area contributed by atoms with Gasteiger partial charge in [0.05, 0.1) is 4.47 Å². The van der Waals surface area contributed by atoms with Gasteiger partial charge in [-0.05, 0) is 53.4 Å². The quantitative estimate of drug-likeness (QED) is 0.815. The number of rotatable bonds is 3. The number of halogens is 5. The molecule has 100 valence electrons. The lowest BCUT2D eigenvalue weighted by atomic mass is 10.1. The first kappa shape index (κ1) is 13.8. The van der Waals surface area contributed by atoms with E-state index in [0.717, 1.165) is 0 Å². The molecule has 1 saturated carbocycles. The van der Waals surface area contributed by atoms with Crippen LogP contribution in [0.5, 0.6) is 0 Å². The van der Waals surface area contributed by atoms with E-state index in [9.17, 15) is 17.6 Å². The Morgan fingerprint density at radius 2 is 1.94 bits per heavy atom. The minimum absolute atomic E-state index is 0.100. The second-order valence-corrected chi connectivity index (χ2v) is 5.47. The van der Waals surface area contributed by atoms with Gasteiger partial charge in [0.2, 0.25) is 0 Å². The maximum absolute atomic E-state index is 13.1.